The Kier molecular flexibility index (Phi) is 18.9. The van der Waals surface area contributed by atoms with E-state index in [9.17, 15) is 0 Å². The molecule has 4 aliphatic carbocycles. The molecule has 6 rings (SSSR count). The zero-order chi connectivity index (χ0) is 40.1. The molecule has 0 amide bonds. The third kappa shape index (κ3) is 11.7. The van der Waals surface area contributed by atoms with Crippen molar-refractivity contribution in [3.63, 3.8) is 0 Å². The van der Waals surface area contributed by atoms with Gasteiger partial charge in [-0.1, -0.05) is 153 Å². The second-order valence-corrected chi connectivity index (χ2v) is 26.6. The summed E-state index contributed by atoms with van der Waals surface area (Å²) in [6, 6.07) is 17.6. The first kappa shape index (κ1) is 53.0. The van der Waals surface area contributed by atoms with Crippen LogP contribution in [0.4, 0.5) is 0 Å². The van der Waals surface area contributed by atoms with Gasteiger partial charge in [0.1, 0.15) is 0 Å². The van der Waals surface area contributed by atoms with Crippen molar-refractivity contribution in [2.45, 2.75) is 183 Å². The zero-order valence-electron chi connectivity index (χ0n) is 39.1. The van der Waals surface area contributed by atoms with Crippen molar-refractivity contribution in [1.29, 1.82) is 0 Å². The molecule has 0 radical (unpaired) electrons. The van der Waals surface area contributed by atoms with Crippen LogP contribution in [0.5, 0.6) is 0 Å². The molecular weight excluding hydrogens is 815 g/mol. The maximum atomic E-state index is 6.73. The van der Waals surface area contributed by atoms with Gasteiger partial charge in [0.05, 0.1) is 6.10 Å². The Labute approximate surface area is 374 Å². The summed E-state index contributed by atoms with van der Waals surface area (Å²) < 4.78 is 6.73. The van der Waals surface area contributed by atoms with E-state index in [1.165, 1.54) is 61.6 Å². The summed E-state index contributed by atoms with van der Waals surface area (Å²) in [5.41, 5.74) is 8.29. The molecular formula is C53H88Cl2OZr. The summed E-state index contributed by atoms with van der Waals surface area (Å²) in [5, 5.41) is 0. The Bertz CT molecular complexity index is 1490. The number of benzene rings is 2. The molecule has 2 aromatic rings. The molecule has 12 unspecified atom stereocenters. The molecule has 0 N–H and O–H groups in total. The fourth-order valence-corrected chi connectivity index (χ4v) is 12.5. The minimum absolute atomic E-state index is 0. The van der Waals surface area contributed by atoms with E-state index in [2.05, 4.69) is 139 Å². The van der Waals surface area contributed by atoms with Crippen molar-refractivity contribution >= 4 is 17.0 Å². The zero-order valence-corrected chi connectivity index (χ0v) is 43.1. The molecule has 4 fully saturated rings. The monoisotopic (exact) mass is 901 g/mol. The van der Waals surface area contributed by atoms with Gasteiger partial charge in [0.25, 0.3) is 0 Å². The van der Waals surface area contributed by atoms with Gasteiger partial charge < -0.3 is 19.6 Å². The number of fused-ring (bicyclic) bond motifs is 2. The molecule has 4 saturated carbocycles. The number of hydrogen-bond donors (Lipinski definition) is 0. The van der Waals surface area contributed by atoms with Crippen LogP contribution in [-0.4, -0.2) is 13.2 Å². The topological polar surface area (TPSA) is 9.23 Å². The van der Waals surface area contributed by atoms with Crippen molar-refractivity contribution in [2.75, 3.05) is 7.11 Å². The van der Waals surface area contributed by atoms with E-state index < -0.39 is 20.8 Å². The predicted molar refractivity (Wildman–Crippen MR) is 251 cm³/mol. The summed E-state index contributed by atoms with van der Waals surface area (Å²) in [6.45, 7) is 34.2. The number of hydrogen-bond acceptors (Lipinski definition) is 1. The van der Waals surface area contributed by atoms with E-state index in [0.29, 0.717) is 17.8 Å². The summed E-state index contributed by atoms with van der Waals surface area (Å²) in [4.78, 5) is 0. The first-order valence-electron chi connectivity index (χ1n) is 21.8. The Hall–Kier alpha value is -0.137. The third-order valence-electron chi connectivity index (χ3n) is 15.5. The second kappa shape index (κ2) is 20.4. The molecule has 12 atom stereocenters. The summed E-state index contributed by atoms with van der Waals surface area (Å²) >= 11 is -0.826. The summed E-state index contributed by atoms with van der Waals surface area (Å²) in [6.07, 6.45) is 10.1. The molecule has 0 aliphatic heterocycles. The fraction of sp³-hybridized carbons (Fsp3) is 0.736. The van der Waals surface area contributed by atoms with Crippen molar-refractivity contribution < 1.29 is 25.6 Å². The SMILES string of the molecule is C.COC1C(c2cc(C(C)(C)C)cc(C(C)(C)C)c2)C2CC(C)C(CC3C(C)CC4C(c5ccc(C(C)(C)C)cc5)CCCC34)C2CC1C(C)(C)C.[CH3-].[CH3-].[Cl][Zr+2][Cl]. The molecule has 57 heavy (non-hydrogen) atoms. The average molecular weight is 903 g/mol. The Morgan fingerprint density at radius 1 is 0.614 bits per heavy atom. The van der Waals surface area contributed by atoms with Crippen molar-refractivity contribution in [3.05, 3.63) is 85.1 Å². The van der Waals surface area contributed by atoms with Crippen LogP contribution in [0.1, 0.15) is 189 Å². The molecule has 0 saturated heterocycles. The van der Waals surface area contributed by atoms with Gasteiger partial charge >= 0.3 is 37.9 Å². The van der Waals surface area contributed by atoms with Crippen LogP contribution in [0.3, 0.4) is 0 Å². The second-order valence-electron chi connectivity index (χ2n) is 22.9. The molecule has 324 valence electrons. The van der Waals surface area contributed by atoms with Gasteiger partial charge in [-0.25, -0.2) is 0 Å². The molecule has 0 heterocycles. The number of methoxy groups -OCH3 is 1. The number of halogens is 2. The van der Waals surface area contributed by atoms with Gasteiger partial charge in [0.2, 0.25) is 0 Å². The standard InChI is InChI=1S/C50H78O.CH4.2CH3.2ClH.Zr/c1-30-23-41-37(32-19-21-34(22-20-32)47(3,4)5)17-16-18-38(41)39(30)28-40-31(2)24-43-42(40)29-44(50(12,13)14)46(51-15)45(43)33-25-35(48(6,7)8)27-36(26-33)49(9,10)11;;;;;;/h19-22,25-27,30-31,37-46H,16-18,23-24,28-29H2,1-15H3;1H4;2*1H3;2*1H;/q;;2*-1;;;+4/p-2. The van der Waals surface area contributed by atoms with Crippen LogP contribution in [0.2, 0.25) is 0 Å². The van der Waals surface area contributed by atoms with Gasteiger partial charge in [0.15, 0.2) is 0 Å². The van der Waals surface area contributed by atoms with Crippen LogP contribution in [0.25, 0.3) is 0 Å². The first-order chi connectivity index (χ1) is 25.0. The number of ether oxygens (including phenoxy) is 1. The van der Waals surface area contributed by atoms with E-state index in [-0.39, 0.29) is 50.0 Å². The van der Waals surface area contributed by atoms with Crippen molar-refractivity contribution in [3.8, 4) is 0 Å². The van der Waals surface area contributed by atoms with Crippen LogP contribution >= 0.6 is 17.0 Å². The Morgan fingerprint density at radius 2 is 1.09 bits per heavy atom. The fourth-order valence-electron chi connectivity index (χ4n) is 12.5. The average Bonchev–Trinajstić information content (AvgIpc) is 3.56. The molecule has 0 spiro atoms. The molecule has 0 bridgehead atoms. The maximum absolute atomic E-state index is 6.73. The van der Waals surface area contributed by atoms with Crippen LogP contribution in [-0.2, 0) is 41.8 Å². The van der Waals surface area contributed by atoms with Gasteiger partial charge in [-0.3, -0.25) is 0 Å². The van der Waals surface area contributed by atoms with Crippen molar-refractivity contribution in [1.82, 2.24) is 0 Å². The molecule has 0 aromatic heterocycles. The van der Waals surface area contributed by atoms with E-state index in [1.807, 2.05) is 7.11 Å². The third-order valence-corrected chi connectivity index (χ3v) is 15.5. The van der Waals surface area contributed by atoms with E-state index in [1.54, 1.807) is 11.1 Å². The summed E-state index contributed by atoms with van der Waals surface area (Å²) in [7, 11) is 11.9. The van der Waals surface area contributed by atoms with E-state index in [4.69, 9.17) is 21.8 Å². The Morgan fingerprint density at radius 3 is 1.54 bits per heavy atom. The number of rotatable bonds is 5. The quantitative estimate of drug-likeness (QED) is 0.272. The van der Waals surface area contributed by atoms with Crippen molar-refractivity contribution in [2.24, 2.45) is 58.7 Å². The van der Waals surface area contributed by atoms with Gasteiger partial charge in [-0.2, -0.15) is 0 Å². The van der Waals surface area contributed by atoms with Gasteiger partial charge in [-0.05, 0) is 147 Å². The predicted octanol–water partition coefficient (Wildman–Crippen LogP) is 16.8. The molecule has 4 heteroatoms. The summed E-state index contributed by atoms with van der Waals surface area (Å²) in [5.74, 6) is 8.32. The molecule has 4 aliphatic rings. The Balaban J connectivity index is 0.00000181. The van der Waals surface area contributed by atoms with Gasteiger partial charge in [-0.15, -0.1) is 0 Å². The van der Waals surface area contributed by atoms with E-state index >= 15 is 0 Å². The van der Waals surface area contributed by atoms with Gasteiger partial charge in [0, 0.05) is 13.0 Å². The van der Waals surface area contributed by atoms with Crippen LogP contribution < -0.4 is 0 Å². The molecule has 2 aromatic carbocycles. The minimum atomic E-state index is -0.826. The van der Waals surface area contributed by atoms with E-state index in [0.717, 1.165) is 47.3 Å². The van der Waals surface area contributed by atoms with Crippen LogP contribution in [0.15, 0.2) is 42.5 Å². The molecule has 1 nitrogen and oxygen atoms in total. The normalized spacial score (nSPS) is 32.6. The van der Waals surface area contributed by atoms with Crippen LogP contribution in [0, 0.1) is 73.5 Å². The first-order valence-corrected chi connectivity index (χ1v) is 28.1.